The zero-order valence-electron chi connectivity index (χ0n) is 17.3. The van der Waals surface area contributed by atoms with Crippen LogP contribution in [0.4, 0.5) is 0 Å². The van der Waals surface area contributed by atoms with Gasteiger partial charge >= 0.3 is 0 Å². The third-order valence-electron chi connectivity index (χ3n) is 4.93. The molecule has 3 heterocycles. The fourth-order valence-corrected chi connectivity index (χ4v) is 3.63. The molecule has 152 valence electrons. The Morgan fingerprint density at radius 1 is 1.25 bits per heavy atom. The molecule has 2 aromatic rings. The molecular weight excluding hydrogens is 354 g/mol. The highest BCUT2D eigenvalue weighted by atomic mass is 16.5. The topological polar surface area (TPSA) is 63.5 Å². The van der Waals surface area contributed by atoms with Gasteiger partial charge in [0.2, 0.25) is 5.91 Å². The number of ether oxygens (including phenoxy) is 1. The van der Waals surface area contributed by atoms with Crippen molar-refractivity contribution in [2.45, 2.75) is 40.0 Å². The molecule has 1 amide bonds. The van der Waals surface area contributed by atoms with Crippen LogP contribution < -0.4 is 0 Å². The fraction of sp³-hybridized carbons (Fsp3) is 0.571. The van der Waals surface area contributed by atoms with Crippen molar-refractivity contribution < 1.29 is 9.53 Å². The molecular formula is C21H31N5O2. The molecule has 2 aromatic heterocycles. The number of nitrogens with zero attached hydrogens (tertiary/aromatic N) is 5. The molecule has 7 heteroatoms. The van der Waals surface area contributed by atoms with E-state index < -0.39 is 0 Å². The van der Waals surface area contributed by atoms with Gasteiger partial charge in [-0.05, 0) is 30.5 Å². The normalized spacial score (nSPS) is 18.7. The molecule has 0 radical (unpaired) electrons. The van der Waals surface area contributed by atoms with E-state index >= 15 is 0 Å². The van der Waals surface area contributed by atoms with E-state index in [1.807, 2.05) is 41.9 Å². The van der Waals surface area contributed by atoms with E-state index in [0.29, 0.717) is 32.2 Å². The second-order valence-electron chi connectivity index (χ2n) is 8.06. The Bertz CT molecular complexity index is 774. The molecule has 1 unspecified atom stereocenters. The Hall–Kier alpha value is -2.25. The summed E-state index contributed by atoms with van der Waals surface area (Å²) in [5.41, 5.74) is 3.25. The lowest BCUT2D eigenvalue weighted by atomic mass is 10.2. The molecule has 3 rings (SSSR count). The summed E-state index contributed by atoms with van der Waals surface area (Å²) in [5.74, 6) is 0.599. The molecule has 1 atom stereocenters. The molecule has 7 nitrogen and oxygen atoms in total. The minimum Gasteiger partial charge on any atom is -0.370 e. The van der Waals surface area contributed by atoms with Crippen LogP contribution in [0.25, 0.3) is 0 Å². The van der Waals surface area contributed by atoms with Gasteiger partial charge < -0.3 is 9.64 Å². The van der Waals surface area contributed by atoms with Crippen LogP contribution in [0.5, 0.6) is 0 Å². The van der Waals surface area contributed by atoms with Crippen LogP contribution >= 0.6 is 0 Å². The highest BCUT2D eigenvalue weighted by Gasteiger charge is 2.29. The van der Waals surface area contributed by atoms with Gasteiger partial charge in [-0.25, -0.2) is 0 Å². The van der Waals surface area contributed by atoms with Crippen molar-refractivity contribution in [1.29, 1.82) is 0 Å². The second kappa shape index (κ2) is 9.30. The Morgan fingerprint density at radius 2 is 2.00 bits per heavy atom. The summed E-state index contributed by atoms with van der Waals surface area (Å²) in [4.78, 5) is 21.1. The first-order chi connectivity index (χ1) is 13.4. The quantitative estimate of drug-likeness (QED) is 0.730. The molecule has 0 bridgehead atoms. The largest absolute Gasteiger partial charge is 0.370 e. The van der Waals surface area contributed by atoms with Crippen molar-refractivity contribution in [2.24, 2.45) is 13.0 Å². The zero-order chi connectivity index (χ0) is 20.1. The number of carbonyl (C=O) groups excluding carboxylic acids is 1. The third-order valence-corrected chi connectivity index (χ3v) is 4.93. The van der Waals surface area contributed by atoms with Gasteiger partial charge in [-0.2, -0.15) is 5.10 Å². The number of rotatable bonds is 7. The predicted molar refractivity (Wildman–Crippen MR) is 107 cm³/mol. The molecule has 1 aliphatic rings. The highest BCUT2D eigenvalue weighted by Crippen LogP contribution is 2.16. The molecule has 28 heavy (non-hydrogen) atoms. The van der Waals surface area contributed by atoms with Crippen LogP contribution in [-0.4, -0.2) is 62.8 Å². The first-order valence-corrected chi connectivity index (χ1v) is 9.90. The summed E-state index contributed by atoms with van der Waals surface area (Å²) in [6.45, 7) is 10.0. The number of hydrogen-bond donors (Lipinski definition) is 0. The lowest BCUT2D eigenvalue weighted by Crippen LogP contribution is -2.40. The number of aromatic nitrogens is 3. The van der Waals surface area contributed by atoms with Crippen LogP contribution in [0.15, 0.2) is 30.7 Å². The molecule has 0 aliphatic carbocycles. The number of hydrogen-bond acceptors (Lipinski definition) is 5. The summed E-state index contributed by atoms with van der Waals surface area (Å²) in [6.07, 6.45) is 5.55. The van der Waals surface area contributed by atoms with Crippen LogP contribution in [0, 0.1) is 12.8 Å². The average Bonchev–Trinajstić information content (AvgIpc) is 2.87. The second-order valence-corrected chi connectivity index (χ2v) is 8.06. The van der Waals surface area contributed by atoms with Crippen molar-refractivity contribution in [2.75, 3.05) is 26.2 Å². The number of carbonyl (C=O) groups is 1. The van der Waals surface area contributed by atoms with E-state index in [1.54, 1.807) is 12.4 Å². The van der Waals surface area contributed by atoms with Crippen LogP contribution in [0.3, 0.4) is 0 Å². The van der Waals surface area contributed by atoms with Gasteiger partial charge in [0.1, 0.15) is 0 Å². The van der Waals surface area contributed by atoms with E-state index in [0.717, 1.165) is 29.9 Å². The lowest BCUT2D eigenvalue weighted by Gasteiger charge is -2.26. The molecule has 0 saturated carbocycles. The molecule has 0 spiro atoms. The van der Waals surface area contributed by atoms with Gasteiger partial charge in [0.05, 0.1) is 24.9 Å². The van der Waals surface area contributed by atoms with Crippen molar-refractivity contribution in [3.8, 4) is 0 Å². The van der Waals surface area contributed by atoms with Gasteiger partial charge in [0, 0.05) is 57.4 Å². The van der Waals surface area contributed by atoms with E-state index in [1.165, 1.54) is 0 Å². The van der Waals surface area contributed by atoms with Gasteiger partial charge in [-0.15, -0.1) is 0 Å². The minimum absolute atomic E-state index is 0.0321. The van der Waals surface area contributed by atoms with Crippen molar-refractivity contribution in [3.05, 3.63) is 47.5 Å². The maximum absolute atomic E-state index is 12.9. The minimum atomic E-state index is -0.0321. The molecule has 1 fully saturated rings. The monoisotopic (exact) mass is 385 g/mol. The van der Waals surface area contributed by atoms with Gasteiger partial charge in [-0.1, -0.05) is 13.8 Å². The van der Waals surface area contributed by atoms with E-state index in [2.05, 4.69) is 28.8 Å². The summed E-state index contributed by atoms with van der Waals surface area (Å²) in [7, 11) is 1.93. The maximum atomic E-state index is 12.9. The lowest BCUT2D eigenvalue weighted by molar-refractivity contribution is -0.132. The number of aryl methyl sites for hydroxylation is 2. The van der Waals surface area contributed by atoms with E-state index in [-0.39, 0.29) is 12.0 Å². The summed E-state index contributed by atoms with van der Waals surface area (Å²) >= 11 is 0. The fourth-order valence-electron chi connectivity index (χ4n) is 3.63. The maximum Gasteiger partial charge on any atom is 0.236 e. The molecule has 0 N–H and O–H groups in total. The SMILES string of the molecule is Cc1nn(C)cc1CN1CC(=O)N(CC(C)C)CC(OCc2ccncc2)C1. The summed E-state index contributed by atoms with van der Waals surface area (Å²) in [6, 6.07) is 3.93. The van der Waals surface area contributed by atoms with Gasteiger partial charge in [0.25, 0.3) is 0 Å². The zero-order valence-corrected chi connectivity index (χ0v) is 17.3. The summed E-state index contributed by atoms with van der Waals surface area (Å²) in [5, 5.41) is 4.43. The van der Waals surface area contributed by atoms with Gasteiger partial charge in [-0.3, -0.25) is 19.4 Å². The Labute approximate surface area is 167 Å². The van der Waals surface area contributed by atoms with Crippen LogP contribution in [0.2, 0.25) is 0 Å². The van der Waals surface area contributed by atoms with E-state index in [9.17, 15) is 4.79 Å². The molecule has 0 aromatic carbocycles. The van der Waals surface area contributed by atoms with Gasteiger partial charge in [0.15, 0.2) is 0 Å². The highest BCUT2D eigenvalue weighted by molar-refractivity contribution is 5.78. The third kappa shape index (κ3) is 5.62. The predicted octanol–water partition coefficient (Wildman–Crippen LogP) is 2.01. The Balaban J connectivity index is 1.71. The van der Waals surface area contributed by atoms with Crippen LogP contribution in [0.1, 0.15) is 30.7 Å². The Kier molecular flexibility index (Phi) is 6.80. The first-order valence-electron chi connectivity index (χ1n) is 9.90. The average molecular weight is 386 g/mol. The molecule has 1 saturated heterocycles. The number of pyridine rings is 1. The first kappa shape index (κ1) is 20.5. The number of amides is 1. The van der Waals surface area contributed by atoms with Crippen molar-refractivity contribution in [3.63, 3.8) is 0 Å². The standard InChI is InChI=1S/C21H31N5O2/c1-16(2)9-26-13-20(28-15-18-5-7-22-8-6-18)12-25(14-21(26)27)11-19-10-24(4)23-17(19)3/h5-8,10,16,20H,9,11-15H2,1-4H3. The summed E-state index contributed by atoms with van der Waals surface area (Å²) < 4.78 is 8.05. The Morgan fingerprint density at radius 3 is 2.64 bits per heavy atom. The van der Waals surface area contributed by atoms with Crippen molar-refractivity contribution >= 4 is 5.91 Å². The van der Waals surface area contributed by atoms with Crippen LogP contribution in [-0.2, 0) is 29.7 Å². The smallest absolute Gasteiger partial charge is 0.236 e. The van der Waals surface area contributed by atoms with Crippen molar-refractivity contribution in [1.82, 2.24) is 24.6 Å². The van der Waals surface area contributed by atoms with E-state index in [4.69, 9.17) is 4.74 Å². The molecule has 1 aliphatic heterocycles.